The van der Waals surface area contributed by atoms with Gasteiger partial charge in [-0.05, 0) is 42.0 Å². The molecule has 0 aliphatic heterocycles. The van der Waals surface area contributed by atoms with E-state index in [1.54, 1.807) is 30.5 Å². The molecule has 26 heavy (non-hydrogen) atoms. The molecule has 2 aromatic rings. The Morgan fingerprint density at radius 3 is 2.62 bits per heavy atom. The second kappa shape index (κ2) is 10.1. The van der Waals surface area contributed by atoms with Crippen LogP contribution < -0.4 is 15.1 Å². The first kappa shape index (κ1) is 19.3. The molecule has 2 aromatic carbocycles. The van der Waals surface area contributed by atoms with Crippen LogP contribution in [0.25, 0.3) is 0 Å². The smallest absolute Gasteiger partial charge is 0.277 e. The number of hydrogen-bond donors (Lipinski definition) is 1. The molecule has 0 bridgehead atoms. The summed E-state index contributed by atoms with van der Waals surface area (Å²) in [5, 5.41) is 13.1. The van der Waals surface area contributed by atoms with Gasteiger partial charge in [-0.25, -0.2) is 5.43 Å². The minimum atomic E-state index is -0.357. The van der Waals surface area contributed by atoms with Crippen molar-refractivity contribution in [3.8, 4) is 11.8 Å². The number of nitrogens with one attached hydrogen (secondary N) is 1. The highest BCUT2D eigenvalue weighted by molar-refractivity contribution is 6.30. The van der Waals surface area contributed by atoms with E-state index < -0.39 is 0 Å². The lowest BCUT2D eigenvalue weighted by Gasteiger charge is -2.17. The zero-order valence-electron chi connectivity index (χ0n) is 14.4. The number of nitrogens with zero attached hydrogens (tertiary/aromatic N) is 3. The Bertz CT molecular complexity index is 783. The van der Waals surface area contributed by atoms with Crippen molar-refractivity contribution < 1.29 is 9.53 Å². The molecule has 0 atom stereocenters. The van der Waals surface area contributed by atoms with E-state index in [9.17, 15) is 4.79 Å². The lowest BCUT2D eigenvalue weighted by Crippen LogP contribution is -2.24. The van der Waals surface area contributed by atoms with Gasteiger partial charge in [0, 0.05) is 24.3 Å². The molecule has 6 nitrogen and oxygen atoms in total. The molecule has 0 spiro atoms. The molecular weight excluding hydrogens is 352 g/mol. The summed E-state index contributed by atoms with van der Waals surface area (Å²) < 4.78 is 5.33. The van der Waals surface area contributed by atoms with E-state index in [2.05, 4.69) is 16.6 Å². The molecule has 1 amide bonds. The Kier molecular flexibility index (Phi) is 7.47. The Morgan fingerprint density at radius 1 is 1.27 bits per heavy atom. The molecule has 0 radical (unpaired) electrons. The molecule has 0 fully saturated rings. The van der Waals surface area contributed by atoms with E-state index in [1.807, 2.05) is 36.2 Å². The Hall–Kier alpha value is -3.04. The molecule has 0 aliphatic rings. The van der Waals surface area contributed by atoms with Crippen LogP contribution in [0.1, 0.15) is 12.0 Å². The van der Waals surface area contributed by atoms with Crippen LogP contribution in [0.2, 0.25) is 5.02 Å². The normalized spacial score (nSPS) is 10.3. The third-order valence-electron chi connectivity index (χ3n) is 3.48. The molecule has 1 N–H and O–H groups in total. The molecule has 0 unspecified atom stereocenters. The van der Waals surface area contributed by atoms with Crippen LogP contribution in [-0.2, 0) is 4.79 Å². The van der Waals surface area contributed by atoms with Crippen molar-refractivity contribution in [2.24, 2.45) is 5.10 Å². The quantitative estimate of drug-likeness (QED) is 0.571. The number of carbonyl (C=O) groups excluding carboxylic acids is 1. The first-order chi connectivity index (χ1) is 12.6. The number of benzene rings is 2. The average Bonchev–Trinajstić information content (AvgIpc) is 2.66. The highest BCUT2D eigenvalue weighted by Crippen LogP contribution is 2.15. The van der Waals surface area contributed by atoms with Crippen molar-refractivity contribution in [2.45, 2.75) is 6.42 Å². The van der Waals surface area contributed by atoms with Crippen molar-refractivity contribution in [1.29, 1.82) is 5.26 Å². The maximum Gasteiger partial charge on any atom is 0.277 e. The standard InChI is InChI=1S/C19H19ClN4O2/c1-24(12-2-11-21)17-7-3-15(4-8-17)13-22-23-19(25)14-26-18-9-5-16(20)6-10-18/h3-10,13H,2,12,14H2,1H3,(H,23,25)/b22-13-. The summed E-state index contributed by atoms with van der Waals surface area (Å²) in [7, 11) is 1.93. The van der Waals surface area contributed by atoms with Crippen molar-refractivity contribution in [2.75, 3.05) is 25.1 Å². The lowest BCUT2D eigenvalue weighted by molar-refractivity contribution is -0.123. The summed E-state index contributed by atoms with van der Waals surface area (Å²) in [6.45, 7) is 0.537. The molecule has 0 saturated heterocycles. The SMILES string of the molecule is CN(CCC#N)c1ccc(/C=N\NC(=O)COc2ccc(Cl)cc2)cc1. The Balaban J connectivity index is 1.77. The van der Waals surface area contributed by atoms with E-state index in [4.69, 9.17) is 21.6 Å². The number of ether oxygens (including phenoxy) is 1. The third-order valence-corrected chi connectivity index (χ3v) is 3.73. The van der Waals surface area contributed by atoms with Crippen LogP contribution in [0.5, 0.6) is 5.75 Å². The van der Waals surface area contributed by atoms with E-state index in [0.717, 1.165) is 11.3 Å². The topological polar surface area (TPSA) is 77.7 Å². The maximum atomic E-state index is 11.7. The largest absolute Gasteiger partial charge is 0.484 e. The second-order valence-corrected chi connectivity index (χ2v) is 5.89. The first-order valence-corrected chi connectivity index (χ1v) is 8.34. The number of rotatable bonds is 8. The van der Waals surface area contributed by atoms with Crippen molar-refractivity contribution >= 4 is 29.4 Å². The molecule has 0 aliphatic carbocycles. The van der Waals surface area contributed by atoms with Gasteiger partial charge in [0.25, 0.3) is 5.91 Å². The number of carbonyl (C=O) groups is 1. The Morgan fingerprint density at radius 2 is 1.96 bits per heavy atom. The fourth-order valence-corrected chi connectivity index (χ4v) is 2.18. The summed E-state index contributed by atoms with van der Waals surface area (Å²) in [5.41, 5.74) is 4.27. The van der Waals surface area contributed by atoms with E-state index in [-0.39, 0.29) is 12.5 Å². The number of halogens is 1. The molecular formula is C19H19ClN4O2. The van der Waals surface area contributed by atoms with Crippen LogP contribution in [0, 0.1) is 11.3 Å². The summed E-state index contributed by atoms with van der Waals surface area (Å²) >= 11 is 5.78. The molecule has 2 rings (SSSR count). The number of anilines is 1. The molecule has 0 heterocycles. The molecule has 0 aromatic heterocycles. The number of nitriles is 1. The monoisotopic (exact) mass is 370 g/mol. The Labute approximate surface area is 157 Å². The minimum absolute atomic E-state index is 0.137. The summed E-state index contributed by atoms with van der Waals surface area (Å²) in [6, 6.07) is 16.5. The van der Waals surface area contributed by atoms with Crippen LogP contribution in [0.15, 0.2) is 53.6 Å². The van der Waals surface area contributed by atoms with Gasteiger partial charge in [-0.3, -0.25) is 4.79 Å². The van der Waals surface area contributed by atoms with Gasteiger partial charge in [-0.2, -0.15) is 10.4 Å². The van der Waals surface area contributed by atoms with Crippen LogP contribution in [0.4, 0.5) is 5.69 Å². The number of hydrazone groups is 1. The highest BCUT2D eigenvalue weighted by atomic mass is 35.5. The number of amides is 1. The van der Waals surface area contributed by atoms with Gasteiger partial charge >= 0.3 is 0 Å². The van der Waals surface area contributed by atoms with Crippen molar-refractivity contribution in [3.05, 3.63) is 59.1 Å². The van der Waals surface area contributed by atoms with Gasteiger partial charge in [-0.15, -0.1) is 0 Å². The zero-order valence-corrected chi connectivity index (χ0v) is 15.1. The first-order valence-electron chi connectivity index (χ1n) is 7.97. The van der Waals surface area contributed by atoms with Crippen LogP contribution in [-0.4, -0.2) is 32.3 Å². The predicted octanol–water partition coefficient (Wildman–Crippen LogP) is 3.22. The lowest BCUT2D eigenvalue weighted by atomic mass is 10.2. The van der Waals surface area contributed by atoms with Crippen LogP contribution in [0.3, 0.4) is 0 Å². The van der Waals surface area contributed by atoms with Gasteiger partial charge in [0.2, 0.25) is 0 Å². The van der Waals surface area contributed by atoms with Gasteiger partial charge in [0.1, 0.15) is 5.75 Å². The van der Waals surface area contributed by atoms with E-state index in [0.29, 0.717) is 23.7 Å². The molecule has 134 valence electrons. The van der Waals surface area contributed by atoms with Gasteiger partial charge in [0.15, 0.2) is 6.61 Å². The summed E-state index contributed by atoms with van der Waals surface area (Å²) in [6.07, 6.45) is 2.03. The summed E-state index contributed by atoms with van der Waals surface area (Å²) in [4.78, 5) is 13.7. The molecule has 7 heteroatoms. The fraction of sp³-hybridized carbons (Fsp3) is 0.211. The van der Waals surface area contributed by atoms with Crippen molar-refractivity contribution in [1.82, 2.24) is 5.43 Å². The zero-order chi connectivity index (χ0) is 18.8. The average molecular weight is 371 g/mol. The van der Waals surface area contributed by atoms with E-state index >= 15 is 0 Å². The van der Waals surface area contributed by atoms with E-state index in [1.165, 1.54) is 0 Å². The second-order valence-electron chi connectivity index (χ2n) is 5.46. The maximum absolute atomic E-state index is 11.7. The highest BCUT2D eigenvalue weighted by Gasteiger charge is 2.02. The third kappa shape index (κ3) is 6.46. The summed E-state index contributed by atoms with van der Waals surface area (Å²) in [5.74, 6) is 0.202. The van der Waals surface area contributed by atoms with Gasteiger partial charge in [0.05, 0.1) is 18.7 Å². The van der Waals surface area contributed by atoms with Gasteiger partial charge in [-0.1, -0.05) is 23.7 Å². The predicted molar refractivity (Wildman–Crippen MR) is 103 cm³/mol. The van der Waals surface area contributed by atoms with Crippen LogP contribution >= 0.6 is 11.6 Å². The number of hydrogen-bond acceptors (Lipinski definition) is 5. The fourth-order valence-electron chi connectivity index (χ4n) is 2.05. The van der Waals surface area contributed by atoms with Gasteiger partial charge < -0.3 is 9.64 Å². The minimum Gasteiger partial charge on any atom is -0.484 e. The van der Waals surface area contributed by atoms with Crippen molar-refractivity contribution in [3.63, 3.8) is 0 Å². The molecule has 0 saturated carbocycles.